The van der Waals surface area contributed by atoms with Gasteiger partial charge in [-0.1, -0.05) is 20.8 Å². The molecular weight excluding hydrogens is 392 g/mol. The summed E-state index contributed by atoms with van der Waals surface area (Å²) >= 11 is 2.82. The van der Waals surface area contributed by atoms with Crippen LogP contribution in [-0.2, 0) is 16.1 Å². The second kappa shape index (κ2) is 9.01. The highest BCUT2D eigenvalue weighted by Crippen LogP contribution is 2.16. The molecule has 2 heterocycles. The van der Waals surface area contributed by atoms with Crippen LogP contribution in [0.1, 0.15) is 45.1 Å². The van der Waals surface area contributed by atoms with Gasteiger partial charge in [0.15, 0.2) is 5.78 Å². The third-order valence-electron chi connectivity index (χ3n) is 4.50. The van der Waals surface area contributed by atoms with E-state index in [0.717, 1.165) is 10.4 Å². The first-order chi connectivity index (χ1) is 13.1. The Morgan fingerprint density at radius 1 is 1.21 bits per heavy atom. The van der Waals surface area contributed by atoms with Gasteiger partial charge in [-0.25, -0.2) is 0 Å². The van der Waals surface area contributed by atoms with Crippen LogP contribution in [0.15, 0.2) is 16.2 Å². The minimum atomic E-state index is -0.554. The van der Waals surface area contributed by atoms with Crippen molar-refractivity contribution in [3.63, 3.8) is 0 Å². The Bertz CT molecular complexity index is 1030. The molecule has 0 aliphatic carbocycles. The number of hydrogen-bond acceptors (Lipinski definition) is 5. The summed E-state index contributed by atoms with van der Waals surface area (Å²) < 4.78 is 2.49. The molecule has 2 rings (SSSR count). The molecule has 0 atom stereocenters. The number of hydrogen-bond donors (Lipinski definition) is 0. The minimum Gasteiger partial charge on any atom is -0.342 e. The third kappa shape index (κ3) is 5.08. The van der Waals surface area contributed by atoms with Crippen molar-refractivity contribution < 1.29 is 9.59 Å². The SMILES string of the molecule is CCN(CC)C(=O)Cn1c(=O)/c(=C\c2sccc2C)s/c1=C\C(=O)C(C)(C)C. The van der Waals surface area contributed by atoms with E-state index >= 15 is 0 Å². The fourth-order valence-electron chi connectivity index (χ4n) is 2.58. The van der Waals surface area contributed by atoms with Gasteiger partial charge >= 0.3 is 0 Å². The molecule has 0 aliphatic rings. The largest absolute Gasteiger partial charge is 0.342 e. The number of thiophene rings is 1. The van der Waals surface area contributed by atoms with Gasteiger partial charge in [0.2, 0.25) is 5.91 Å². The number of aryl methyl sites for hydroxylation is 1. The lowest BCUT2D eigenvalue weighted by Crippen LogP contribution is -2.40. The van der Waals surface area contributed by atoms with Crippen molar-refractivity contribution in [2.45, 2.75) is 48.1 Å². The molecule has 2 aromatic heterocycles. The van der Waals surface area contributed by atoms with Crippen LogP contribution in [0.3, 0.4) is 0 Å². The molecule has 0 fully saturated rings. The summed E-state index contributed by atoms with van der Waals surface area (Å²) in [6, 6.07) is 2.00. The van der Waals surface area contributed by atoms with Crippen LogP contribution in [-0.4, -0.2) is 34.2 Å². The molecule has 152 valence electrons. The van der Waals surface area contributed by atoms with Crippen molar-refractivity contribution in [1.82, 2.24) is 9.47 Å². The lowest BCUT2D eigenvalue weighted by atomic mass is 9.91. The Balaban J connectivity index is 2.64. The monoisotopic (exact) mass is 420 g/mol. The molecule has 0 spiro atoms. The summed E-state index contributed by atoms with van der Waals surface area (Å²) in [6.07, 6.45) is 3.35. The van der Waals surface area contributed by atoms with E-state index < -0.39 is 5.41 Å². The second-order valence-electron chi connectivity index (χ2n) is 7.63. The number of amides is 1. The maximum Gasteiger partial charge on any atom is 0.269 e. The molecule has 0 saturated carbocycles. The highest BCUT2D eigenvalue weighted by molar-refractivity contribution is 7.11. The van der Waals surface area contributed by atoms with Crippen LogP contribution in [0.5, 0.6) is 0 Å². The minimum absolute atomic E-state index is 0.0580. The van der Waals surface area contributed by atoms with E-state index in [1.807, 2.05) is 59.1 Å². The van der Waals surface area contributed by atoms with Crippen LogP contribution in [0, 0.1) is 12.3 Å². The number of carbonyl (C=O) groups is 2. The predicted molar refractivity (Wildman–Crippen MR) is 117 cm³/mol. The van der Waals surface area contributed by atoms with E-state index in [4.69, 9.17) is 0 Å². The quantitative estimate of drug-likeness (QED) is 0.721. The van der Waals surface area contributed by atoms with Crippen molar-refractivity contribution in [3.8, 4) is 0 Å². The highest BCUT2D eigenvalue weighted by atomic mass is 32.1. The van der Waals surface area contributed by atoms with E-state index in [1.54, 1.807) is 16.2 Å². The van der Waals surface area contributed by atoms with Crippen molar-refractivity contribution in [1.29, 1.82) is 0 Å². The van der Waals surface area contributed by atoms with E-state index in [1.165, 1.54) is 22.0 Å². The van der Waals surface area contributed by atoms with Crippen LogP contribution in [0.4, 0.5) is 0 Å². The van der Waals surface area contributed by atoms with Crippen LogP contribution < -0.4 is 14.8 Å². The van der Waals surface area contributed by atoms with E-state index in [2.05, 4.69) is 0 Å². The number of ketones is 1. The Kier molecular flexibility index (Phi) is 7.17. The molecule has 7 heteroatoms. The van der Waals surface area contributed by atoms with Crippen LogP contribution in [0.2, 0.25) is 0 Å². The molecule has 2 aromatic rings. The Morgan fingerprint density at radius 3 is 2.36 bits per heavy atom. The fraction of sp³-hybridized carbons (Fsp3) is 0.476. The van der Waals surface area contributed by atoms with E-state index in [-0.39, 0.29) is 23.8 Å². The maximum absolute atomic E-state index is 13.0. The summed E-state index contributed by atoms with van der Waals surface area (Å²) in [4.78, 5) is 40.9. The number of Topliss-reactive ketones (excluding diaryl/α,β-unsaturated/α-hetero) is 1. The zero-order chi connectivity index (χ0) is 21.1. The number of nitrogens with zero attached hydrogens (tertiary/aromatic N) is 2. The van der Waals surface area contributed by atoms with Gasteiger partial charge in [-0.2, -0.15) is 0 Å². The molecule has 28 heavy (non-hydrogen) atoms. The first kappa shape index (κ1) is 22.3. The first-order valence-electron chi connectivity index (χ1n) is 9.37. The van der Waals surface area contributed by atoms with Gasteiger partial charge in [0, 0.05) is 29.5 Å². The predicted octanol–water partition coefficient (Wildman–Crippen LogP) is 2.37. The maximum atomic E-state index is 13.0. The summed E-state index contributed by atoms with van der Waals surface area (Å²) in [5.74, 6) is -0.196. The van der Waals surface area contributed by atoms with Gasteiger partial charge in [-0.3, -0.25) is 19.0 Å². The normalized spacial score (nSPS) is 13.2. The highest BCUT2D eigenvalue weighted by Gasteiger charge is 2.20. The number of aromatic nitrogens is 1. The van der Waals surface area contributed by atoms with Crippen LogP contribution in [0.25, 0.3) is 12.2 Å². The average Bonchev–Trinajstić information content (AvgIpc) is 3.14. The summed E-state index contributed by atoms with van der Waals surface area (Å²) in [5.41, 5.74) is 0.313. The third-order valence-corrected chi connectivity index (χ3v) is 6.53. The Hall–Kier alpha value is -1.99. The average molecular weight is 421 g/mol. The lowest BCUT2D eigenvalue weighted by Gasteiger charge is -2.18. The van der Waals surface area contributed by atoms with Gasteiger partial charge in [0.25, 0.3) is 5.56 Å². The molecule has 0 aliphatic heterocycles. The van der Waals surface area contributed by atoms with Crippen molar-refractivity contribution in [2.75, 3.05) is 13.1 Å². The molecule has 0 saturated heterocycles. The molecule has 5 nitrogen and oxygen atoms in total. The zero-order valence-electron chi connectivity index (χ0n) is 17.4. The van der Waals surface area contributed by atoms with Gasteiger partial charge in [-0.15, -0.1) is 22.7 Å². The first-order valence-corrected chi connectivity index (χ1v) is 11.1. The number of thiazole rings is 1. The second-order valence-corrected chi connectivity index (χ2v) is 9.64. The molecular formula is C21H28N2O3S2. The van der Waals surface area contributed by atoms with E-state index in [0.29, 0.717) is 22.3 Å². The zero-order valence-corrected chi connectivity index (χ0v) is 19.0. The van der Waals surface area contributed by atoms with Gasteiger partial charge in [0.05, 0.1) is 4.53 Å². The van der Waals surface area contributed by atoms with Crippen molar-refractivity contribution in [3.05, 3.63) is 41.4 Å². The van der Waals surface area contributed by atoms with Crippen molar-refractivity contribution >= 4 is 46.5 Å². The molecule has 0 aromatic carbocycles. The molecule has 1 amide bonds. The van der Waals surface area contributed by atoms with Gasteiger partial charge in [0.1, 0.15) is 11.2 Å². The topological polar surface area (TPSA) is 59.4 Å². The number of carbonyl (C=O) groups excluding carboxylic acids is 2. The summed E-state index contributed by atoms with van der Waals surface area (Å²) in [6.45, 7) is 12.4. The molecule has 0 bridgehead atoms. The standard InChI is InChI=1S/C21H28N2O3S2/c1-7-22(8-2)18(25)13-23-19(12-17(24)21(4,5)6)28-16(20(23)26)11-15-14(3)9-10-27-15/h9-12H,7-8,13H2,1-6H3/b16-11+,19-12-. The van der Waals surface area contributed by atoms with E-state index in [9.17, 15) is 14.4 Å². The summed E-state index contributed by atoms with van der Waals surface area (Å²) in [7, 11) is 0. The number of rotatable bonds is 6. The summed E-state index contributed by atoms with van der Waals surface area (Å²) in [5, 5.41) is 1.98. The molecule has 0 N–H and O–H groups in total. The fourth-order valence-corrected chi connectivity index (χ4v) is 4.54. The van der Waals surface area contributed by atoms with Crippen molar-refractivity contribution in [2.24, 2.45) is 5.41 Å². The Labute approximate surface area is 173 Å². The van der Waals surface area contributed by atoms with Crippen LogP contribution >= 0.6 is 22.7 Å². The number of likely N-dealkylation sites (N-methyl/N-ethyl adjacent to an activating group) is 1. The van der Waals surface area contributed by atoms with Gasteiger partial charge in [-0.05, 0) is 43.9 Å². The molecule has 0 radical (unpaired) electrons. The smallest absolute Gasteiger partial charge is 0.269 e. The Morgan fingerprint density at radius 2 is 1.86 bits per heavy atom. The molecule has 0 unspecified atom stereocenters. The van der Waals surface area contributed by atoms with Gasteiger partial charge < -0.3 is 4.90 Å². The lowest BCUT2D eigenvalue weighted by molar-refractivity contribution is -0.131.